The Bertz CT molecular complexity index is 726. The number of nitrogens with zero attached hydrogens (tertiary/aromatic N) is 1. The van der Waals surface area contributed by atoms with Crippen LogP contribution in [0, 0.1) is 0 Å². The van der Waals surface area contributed by atoms with Crippen molar-refractivity contribution < 1.29 is 19.7 Å². The molecule has 0 spiro atoms. The summed E-state index contributed by atoms with van der Waals surface area (Å²) in [6, 6.07) is 15.4. The van der Waals surface area contributed by atoms with E-state index in [9.17, 15) is 10.2 Å². The Morgan fingerprint density at radius 1 is 1.00 bits per heavy atom. The predicted molar refractivity (Wildman–Crippen MR) is 93.5 cm³/mol. The highest BCUT2D eigenvalue weighted by atomic mass is 16.7. The third kappa shape index (κ3) is 3.35. The molecule has 2 N–H and O–H groups in total. The first kappa shape index (κ1) is 16.4. The lowest BCUT2D eigenvalue weighted by Gasteiger charge is -2.39. The summed E-state index contributed by atoms with van der Waals surface area (Å²) in [5, 5.41) is 21.4. The van der Waals surface area contributed by atoms with Gasteiger partial charge in [-0.25, -0.2) is 0 Å². The van der Waals surface area contributed by atoms with Crippen LogP contribution in [0.25, 0.3) is 0 Å². The van der Waals surface area contributed by atoms with Crippen LogP contribution in [0.15, 0.2) is 48.5 Å². The SMILES string of the molecule is O[C@H](CN1CCC(O)(c2ccc3c(c2)OCO3)CC1)c1ccccc1. The van der Waals surface area contributed by atoms with E-state index in [1.165, 1.54) is 0 Å². The summed E-state index contributed by atoms with van der Waals surface area (Å²) in [4.78, 5) is 2.21. The molecule has 1 fully saturated rings. The second kappa shape index (κ2) is 6.67. The molecule has 2 aromatic carbocycles. The van der Waals surface area contributed by atoms with Crippen LogP contribution in [-0.4, -0.2) is 41.5 Å². The number of fused-ring (bicyclic) bond motifs is 1. The number of hydrogen-bond donors (Lipinski definition) is 2. The first-order valence-corrected chi connectivity index (χ1v) is 8.72. The molecular weight excluding hydrogens is 318 g/mol. The second-order valence-corrected chi connectivity index (χ2v) is 6.83. The van der Waals surface area contributed by atoms with Crippen molar-refractivity contribution in [3.05, 3.63) is 59.7 Å². The van der Waals surface area contributed by atoms with Gasteiger partial charge in [0.15, 0.2) is 11.5 Å². The third-order valence-electron chi connectivity index (χ3n) is 5.21. The number of likely N-dealkylation sites (tertiary alicyclic amines) is 1. The summed E-state index contributed by atoms with van der Waals surface area (Å²) in [6.07, 6.45) is 0.764. The smallest absolute Gasteiger partial charge is 0.231 e. The zero-order valence-corrected chi connectivity index (χ0v) is 14.1. The van der Waals surface area contributed by atoms with E-state index in [1.807, 2.05) is 48.5 Å². The van der Waals surface area contributed by atoms with Gasteiger partial charge in [0.25, 0.3) is 0 Å². The Morgan fingerprint density at radius 3 is 2.48 bits per heavy atom. The average molecular weight is 341 g/mol. The normalized spacial score (nSPS) is 20.4. The molecule has 2 aliphatic rings. The van der Waals surface area contributed by atoms with E-state index < -0.39 is 11.7 Å². The molecule has 1 saturated heterocycles. The molecular formula is C20H23NO4. The Morgan fingerprint density at radius 2 is 1.72 bits per heavy atom. The first-order chi connectivity index (χ1) is 12.1. The zero-order chi connectivity index (χ0) is 17.3. The maximum atomic E-state index is 11.1. The minimum Gasteiger partial charge on any atom is -0.454 e. The predicted octanol–water partition coefficient (Wildman–Crippen LogP) is 2.43. The van der Waals surface area contributed by atoms with Crippen molar-refractivity contribution in [1.29, 1.82) is 0 Å². The molecule has 2 aliphatic heterocycles. The molecule has 0 aromatic heterocycles. The average Bonchev–Trinajstić information content (AvgIpc) is 3.12. The molecule has 2 aromatic rings. The highest BCUT2D eigenvalue weighted by Gasteiger charge is 2.35. The van der Waals surface area contributed by atoms with Crippen LogP contribution in [0.3, 0.4) is 0 Å². The van der Waals surface area contributed by atoms with Gasteiger partial charge in [-0.15, -0.1) is 0 Å². The largest absolute Gasteiger partial charge is 0.454 e. The van der Waals surface area contributed by atoms with Crippen LogP contribution in [0.1, 0.15) is 30.1 Å². The van der Waals surface area contributed by atoms with Crippen molar-refractivity contribution in [3.63, 3.8) is 0 Å². The van der Waals surface area contributed by atoms with Gasteiger partial charge in [0, 0.05) is 19.6 Å². The number of ether oxygens (including phenoxy) is 2. The third-order valence-corrected chi connectivity index (χ3v) is 5.21. The number of hydrogen-bond acceptors (Lipinski definition) is 5. The molecule has 2 heterocycles. The number of benzene rings is 2. The van der Waals surface area contributed by atoms with Gasteiger partial charge in [0.1, 0.15) is 0 Å². The van der Waals surface area contributed by atoms with Crippen molar-refractivity contribution in [3.8, 4) is 11.5 Å². The molecule has 0 saturated carbocycles. The molecule has 0 unspecified atom stereocenters. The number of piperidine rings is 1. The number of β-amino-alcohol motifs (C(OH)–C–C–N with tert-alkyl or cyclic N) is 1. The summed E-state index contributed by atoms with van der Waals surface area (Å²) >= 11 is 0. The van der Waals surface area contributed by atoms with Crippen molar-refractivity contribution in [1.82, 2.24) is 4.90 Å². The Kier molecular flexibility index (Phi) is 4.37. The maximum absolute atomic E-state index is 11.1. The van der Waals surface area contributed by atoms with Crippen molar-refractivity contribution in [2.24, 2.45) is 0 Å². The van der Waals surface area contributed by atoms with Crippen LogP contribution in [-0.2, 0) is 5.60 Å². The van der Waals surface area contributed by atoms with E-state index >= 15 is 0 Å². The molecule has 5 heteroatoms. The highest BCUT2D eigenvalue weighted by molar-refractivity contribution is 5.46. The topological polar surface area (TPSA) is 62.2 Å². The van der Waals surface area contributed by atoms with Crippen LogP contribution in [0.4, 0.5) is 0 Å². The Hall–Kier alpha value is -2.08. The molecule has 5 nitrogen and oxygen atoms in total. The summed E-state index contributed by atoms with van der Waals surface area (Å²) in [5.74, 6) is 1.43. The second-order valence-electron chi connectivity index (χ2n) is 6.83. The van der Waals surface area contributed by atoms with E-state index in [4.69, 9.17) is 9.47 Å². The lowest BCUT2D eigenvalue weighted by Crippen LogP contribution is -2.43. The molecule has 1 atom stereocenters. The number of aliphatic hydroxyl groups excluding tert-OH is 1. The van der Waals surface area contributed by atoms with Crippen molar-refractivity contribution >= 4 is 0 Å². The van der Waals surface area contributed by atoms with Gasteiger partial charge in [-0.3, -0.25) is 0 Å². The Balaban J connectivity index is 1.39. The molecule has 25 heavy (non-hydrogen) atoms. The Labute approximate surface area is 147 Å². The fraction of sp³-hybridized carbons (Fsp3) is 0.400. The van der Waals surface area contributed by atoms with Gasteiger partial charge in [-0.1, -0.05) is 36.4 Å². The monoisotopic (exact) mass is 341 g/mol. The number of rotatable bonds is 4. The van der Waals surface area contributed by atoms with Crippen LogP contribution in [0.2, 0.25) is 0 Å². The van der Waals surface area contributed by atoms with Crippen molar-refractivity contribution in [2.45, 2.75) is 24.5 Å². The molecule has 4 rings (SSSR count). The van der Waals surface area contributed by atoms with E-state index in [2.05, 4.69) is 4.90 Å². The van der Waals surface area contributed by atoms with E-state index in [0.29, 0.717) is 25.1 Å². The van der Waals surface area contributed by atoms with Gasteiger partial charge < -0.3 is 24.6 Å². The minimum atomic E-state index is -0.852. The van der Waals surface area contributed by atoms with Crippen LogP contribution < -0.4 is 9.47 Å². The van der Waals surface area contributed by atoms with Crippen LogP contribution >= 0.6 is 0 Å². The van der Waals surface area contributed by atoms with Gasteiger partial charge in [0.2, 0.25) is 6.79 Å². The lowest BCUT2D eigenvalue weighted by atomic mass is 9.84. The van der Waals surface area contributed by atoms with E-state index in [0.717, 1.165) is 30.0 Å². The molecule has 132 valence electrons. The van der Waals surface area contributed by atoms with E-state index in [-0.39, 0.29) is 6.79 Å². The summed E-state index contributed by atoms with van der Waals surface area (Å²) in [6.45, 7) is 2.31. The summed E-state index contributed by atoms with van der Waals surface area (Å²) in [7, 11) is 0. The summed E-state index contributed by atoms with van der Waals surface area (Å²) in [5.41, 5.74) is 0.953. The lowest BCUT2D eigenvalue weighted by molar-refractivity contribution is -0.0345. The maximum Gasteiger partial charge on any atom is 0.231 e. The highest BCUT2D eigenvalue weighted by Crippen LogP contribution is 2.39. The summed E-state index contributed by atoms with van der Waals surface area (Å²) < 4.78 is 10.8. The standard InChI is InChI=1S/C20H23NO4/c22-17(15-4-2-1-3-5-15)13-21-10-8-20(23,9-11-21)16-6-7-18-19(12-16)25-14-24-18/h1-7,12,17,22-23H,8-11,13-14H2/t17-/m1/s1. The van der Waals surface area contributed by atoms with Crippen LogP contribution in [0.5, 0.6) is 11.5 Å². The molecule has 0 amide bonds. The van der Waals surface area contributed by atoms with Gasteiger partial charge in [0.05, 0.1) is 11.7 Å². The quantitative estimate of drug-likeness (QED) is 0.894. The zero-order valence-electron chi connectivity index (χ0n) is 14.1. The minimum absolute atomic E-state index is 0.238. The van der Waals surface area contributed by atoms with Crippen molar-refractivity contribution in [2.75, 3.05) is 26.4 Å². The fourth-order valence-corrected chi connectivity index (χ4v) is 3.61. The van der Waals surface area contributed by atoms with Gasteiger partial charge >= 0.3 is 0 Å². The van der Waals surface area contributed by atoms with Gasteiger partial charge in [-0.2, -0.15) is 0 Å². The number of aliphatic hydroxyl groups is 2. The van der Waals surface area contributed by atoms with E-state index in [1.54, 1.807) is 0 Å². The molecule has 0 bridgehead atoms. The molecule has 0 aliphatic carbocycles. The molecule has 0 radical (unpaired) electrons. The first-order valence-electron chi connectivity index (χ1n) is 8.72. The fourth-order valence-electron chi connectivity index (χ4n) is 3.61. The van der Waals surface area contributed by atoms with Gasteiger partial charge in [-0.05, 0) is 36.1 Å².